The Labute approximate surface area is 132 Å². The number of rotatable bonds is 4. The molecule has 0 aromatic heterocycles. The standard InChI is InChI=1S/C14H11Cl2NO3S/c15-9-10-1-3-11(4-2-10)14(18)17-12-5-7-13(8-6-12)21(16,19)20/h1-8H,9H2,(H,17,18). The van der Waals surface area contributed by atoms with Crippen molar-refractivity contribution in [3.63, 3.8) is 0 Å². The smallest absolute Gasteiger partial charge is 0.261 e. The van der Waals surface area contributed by atoms with Crippen molar-refractivity contribution in [1.82, 2.24) is 0 Å². The Kier molecular flexibility index (Phi) is 4.88. The quantitative estimate of drug-likeness (QED) is 0.681. The molecule has 0 saturated carbocycles. The minimum absolute atomic E-state index is 0.0198. The van der Waals surface area contributed by atoms with Gasteiger partial charge in [0, 0.05) is 27.8 Å². The molecule has 0 radical (unpaired) electrons. The first-order chi connectivity index (χ1) is 9.90. The van der Waals surface area contributed by atoms with Crippen molar-refractivity contribution in [2.75, 3.05) is 5.32 Å². The molecule has 0 aliphatic rings. The molecular weight excluding hydrogens is 333 g/mol. The Morgan fingerprint density at radius 2 is 1.57 bits per heavy atom. The molecule has 0 aliphatic heterocycles. The third-order valence-electron chi connectivity index (χ3n) is 2.76. The number of benzene rings is 2. The number of carbonyl (C=O) groups is 1. The van der Waals surface area contributed by atoms with Gasteiger partial charge in [0.1, 0.15) is 0 Å². The van der Waals surface area contributed by atoms with Crippen LogP contribution in [0.3, 0.4) is 0 Å². The van der Waals surface area contributed by atoms with Crippen LogP contribution >= 0.6 is 22.3 Å². The second kappa shape index (κ2) is 6.47. The number of hydrogen-bond donors (Lipinski definition) is 1. The molecule has 0 atom stereocenters. The van der Waals surface area contributed by atoms with Crippen molar-refractivity contribution in [3.05, 3.63) is 59.7 Å². The summed E-state index contributed by atoms with van der Waals surface area (Å²) in [5.41, 5.74) is 1.88. The highest BCUT2D eigenvalue weighted by atomic mass is 35.7. The first-order valence-electron chi connectivity index (χ1n) is 5.91. The van der Waals surface area contributed by atoms with Gasteiger partial charge >= 0.3 is 0 Å². The summed E-state index contributed by atoms with van der Waals surface area (Å²) in [4.78, 5) is 12.0. The highest BCUT2D eigenvalue weighted by molar-refractivity contribution is 8.13. The van der Waals surface area contributed by atoms with Crippen LogP contribution < -0.4 is 5.32 Å². The zero-order valence-electron chi connectivity index (χ0n) is 10.7. The van der Waals surface area contributed by atoms with E-state index in [9.17, 15) is 13.2 Å². The number of halogens is 2. The predicted molar refractivity (Wildman–Crippen MR) is 83.4 cm³/mol. The molecule has 7 heteroatoms. The lowest BCUT2D eigenvalue weighted by Gasteiger charge is -2.06. The second-order valence-corrected chi connectivity index (χ2v) is 7.08. The SMILES string of the molecule is O=C(Nc1ccc(S(=O)(=O)Cl)cc1)c1ccc(CCl)cc1. The minimum atomic E-state index is -3.76. The third-order valence-corrected chi connectivity index (χ3v) is 4.44. The van der Waals surface area contributed by atoms with E-state index in [0.717, 1.165) is 5.56 Å². The van der Waals surface area contributed by atoms with Gasteiger partial charge in [-0.15, -0.1) is 11.6 Å². The van der Waals surface area contributed by atoms with Crippen molar-refractivity contribution in [3.8, 4) is 0 Å². The summed E-state index contributed by atoms with van der Waals surface area (Å²) >= 11 is 5.68. The van der Waals surface area contributed by atoms with Crippen molar-refractivity contribution >= 4 is 42.9 Å². The summed E-state index contributed by atoms with van der Waals surface area (Å²) in [6.07, 6.45) is 0. The number of amides is 1. The lowest BCUT2D eigenvalue weighted by molar-refractivity contribution is 0.102. The number of anilines is 1. The van der Waals surface area contributed by atoms with E-state index in [1.165, 1.54) is 24.3 Å². The average Bonchev–Trinajstić information content (AvgIpc) is 2.47. The van der Waals surface area contributed by atoms with Crippen LogP contribution in [0, 0.1) is 0 Å². The Hall–Kier alpha value is -1.56. The van der Waals surface area contributed by atoms with Crippen LogP contribution in [0.5, 0.6) is 0 Å². The maximum absolute atomic E-state index is 12.0. The highest BCUT2D eigenvalue weighted by Crippen LogP contribution is 2.18. The number of carbonyl (C=O) groups excluding carboxylic acids is 1. The van der Waals surface area contributed by atoms with Crippen LogP contribution in [-0.2, 0) is 14.9 Å². The van der Waals surface area contributed by atoms with E-state index in [2.05, 4.69) is 5.32 Å². The van der Waals surface area contributed by atoms with E-state index in [4.69, 9.17) is 22.3 Å². The molecule has 0 spiro atoms. The molecule has 0 aliphatic carbocycles. The summed E-state index contributed by atoms with van der Waals surface area (Å²) in [5.74, 6) is 0.0913. The fourth-order valence-electron chi connectivity index (χ4n) is 1.65. The van der Waals surface area contributed by atoms with Crippen LogP contribution in [-0.4, -0.2) is 14.3 Å². The van der Waals surface area contributed by atoms with Crippen molar-refractivity contribution in [2.45, 2.75) is 10.8 Å². The zero-order chi connectivity index (χ0) is 15.5. The van der Waals surface area contributed by atoms with Gasteiger partial charge in [-0.3, -0.25) is 4.79 Å². The van der Waals surface area contributed by atoms with E-state index < -0.39 is 9.05 Å². The van der Waals surface area contributed by atoms with Gasteiger partial charge in [-0.05, 0) is 42.0 Å². The van der Waals surface area contributed by atoms with E-state index >= 15 is 0 Å². The van der Waals surface area contributed by atoms with E-state index in [0.29, 0.717) is 17.1 Å². The molecule has 110 valence electrons. The summed E-state index contributed by atoms with van der Waals surface area (Å²) in [6, 6.07) is 12.5. The predicted octanol–water partition coefficient (Wildman–Crippen LogP) is 3.61. The average molecular weight is 344 g/mol. The molecule has 21 heavy (non-hydrogen) atoms. The molecule has 1 amide bonds. The molecule has 4 nitrogen and oxygen atoms in total. The molecule has 2 aromatic carbocycles. The van der Waals surface area contributed by atoms with Crippen LogP contribution in [0.4, 0.5) is 5.69 Å². The number of hydrogen-bond acceptors (Lipinski definition) is 3. The maximum Gasteiger partial charge on any atom is 0.261 e. The summed E-state index contributed by atoms with van der Waals surface area (Å²) in [7, 11) is 1.45. The van der Waals surface area contributed by atoms with E-state index in [1.54, 1.807) is 24.3 Å². The van der Waals surface area contributed by atoms with Gasteiger partial charge in [0.05, 0.1) is 4.90 Å². The Morgan fingerprint density at radius 3 is 2.05 bits per heavy atom. The van der Waals surface area contributed by atoms with Gasteiger partial charge in [0.15, 0.2) is 0 Å². The van der Waals surface area contributed by atoms with Crippen LogP contribution in [0.1, 0.15) is 15.9 Å². The van der Waals surface area contributed by atoms with Gasteiger partial charge in [-0.25, -0.2) is 8.42 Å². The van der Waals surface area contributed by atoms with Gasteiger partial charge in [-0.2, -0.15) is 0 Å². The first-order valence-corrected chi connectivity index (χ1v) is 8.75. The largest absolute Gasteiger partial charge is 0.322 e. The number of alkyl halides is 1. The van der Waals surface area contributed by atoms with Crippen molar-refractivity contribution in [2.24, 2.45) is 0 Å². The normalized spacial score (nSPS) is 11.1. The van der Waals surface area contributed by atoms with Crippen LogP contribution in [0.15, 0.2) is 53.4 Å². The first kappa shape index (κ1) is 15.8. The Balaban J connectivity index is 2.12. The third kappa shape index (κ3) is 4.20. The van der Waals surface area contributed by atoms with E-state index in [-0.39, 0.29) is 10.8 Å². The maximum atomic E-state index is 12.0. The highest BCUT2D eigenvalue weighted by Gasteiger charge is 2.10. The fourth-order valence-corrected chi connectivity index (χ4v) is 2.60. The van der Waals surface area contributed by atoms with Crippen LogP contribution in [0.25, 0.3) is 0 Å². The minimum Gasteiger partial charge on any atom is -0.322 e. The topological polar surface area (TPSA) is 63.2 Å². The zero-order valence-corrected chi connectivity index (χ0v) is 13.0. The molecule has 0 fully saturated rings. The molecule has 2 aromatic rings. The Morgan fingerprint density at radius 1 is 1.00 bits per heavy atom. The molecule has 2 rings (SSSR count). The molecule has 1 N–H and O–H groups in total. The van der Waals surface area contributed by atoms with Gasteiger partial charge < -0.3 is 5.32 Å². The van der Waals surface area contributed by atoms with Gasteiger partial charge in [0.2, 0.25) is 0 Å². The second-order valence-electron chi connectivity index (χ2n) is 4.25. The lowest BCUT2D eigenvalue weighted by atomic mass is 10.1. The lowest BCUT2D eigenvalue weighted by Crippen LogP contribution is -2.11. The van der Waals surface area contributed by atoms with Gasteiger partial charge in [-0.1, -0.05) is 12.1 Å². The van der Waals surface area contributed by atoms with Crippen molar-refractivity contribution < 1.29 is 13.2 Å². The summed E-state index contributed by atoms with van der Waals surface area (Å²) in [6.45, 7) is 0. The molecule has 0 bridgehead atoms. The molecule has 0 saturated heterocycles. The van der Waals surface area contributed by atoms with Gasteiger partial charge in [0.25, 0.3) is 15.0 Å². The molecule has 0 unspecified atom stereocenters. The fraction of sp³-hybridized carbons (Fsp3) is 0.0714. The summed E-state index contributed by atoms with van der Waals surface area (Å²) < 4.78 is 22.2. The van der Waals surface area contributed by atoms with Crippen LogP contribution in [0.2, 0.25) is 0 Å². The molecular formula is C14H11Cl2NO3S. The Bertz CT molecular complexity index is 741. The van der Waals surface area contributed by atoms with E-state index in [1.807, 2.05) is 0 Å². The van der Waals surface area contributed by atoms with Crippen molar-refractivity contribution in [1.29, 1.82) is 0 Å². The molecule has 0 heterocycles. The number of nitrogens with one attached hydrogen (secondary N) is 1. The summed E-state index contributed by atoms with van der Waals surface area (Å²) in [5, 5.41) is 2.66. The monoisotopic (exact) mass is 343 g/mol.